The number of nitrogens with two attached hydrogens (primary N) is 2. The molecule has 3 rings (SSSR count). The van der Waals surface area contributed by atoms with Crippen LogP contribution in [0.25, 0.3) is 0 Å². The van der Waals surface area contributed by atoms with Crippen LogP contribution in [0.3, 0.4) is 0 Å². The third-order valence-corrected chi connectivity index (χ3v) is 6.22. The van der Waals surface area contributed by atoms with E-state index < -0.39 is 34.7 Å². The van der Waals surface area contributed by atoms with Crippen LogP contribution in [0.5, 0.6) is 0 Å². The number of carbonyl (C=O) groups excluding carboxylic acids is 2. The molecule has 154 valence electrons. The number of nitrogens with one attached hydrogen (secondary N) is 1. The average Bonchev–Trinajstić information content (AvgIpc) is 2.91. The second kappa shape index (κ2) is 7.79. The minimum atomic E-state index is -0.727. The van der Waals surface area contributed by atoms with Gasteiger partial charge in [-0.1, -0.05) is 0 Å². The Kier molecular flexibility index (Phi) is 5.77. The van der Waals surface area contributed by atoms with Crippen LogP contribution in [-0.4, -0.2) is 42.0 Å². The van der Waals surface area contributed by atoms with E-state index in [9.17, 15) is 14.0 Å². The maximum absolute atomic E-state index is 14.7. The molecule has 2 heterocycles. The monoisotopic (exact) mass is 410 g/mol. The Morgan fingerprint density at radius 2 is 1.93 bits per heavy atom. The van der Waals surface area contributed by atoms with Gasteiger partial charge in [-0.3, -0.25) is 4.79 Å². The summed E-state index contributed by atoms with van der Waals surface area (Å²) in [5, 5.41) is 2.24. The summed E-state index contributed by atoms with van der Waals surface area (Å²) in [6.45, 7) is 6.82. The Morgan fingerprint density at radius 3 is 2.50 bits per heavy atom. The number of fused-ring (bicyclic) bond motifs is 1. The van der Waals surface area contributed by atoms with Gasteiger partial charge in [0.05, 0.1) is 6.04 Å². The van der Waals surface area contributed by atoms with Crippen LogP contribution in [0.2, 0.25) is 0 Å². The van der Waals surface area contributed by atoms with Gasteiger partial charge in [-0.2, -0.15) is 0 Å². The van der Waals surface area contributed by atoms with Crippen LogP contribution < -0.4 is 21.7 Å². The molecular weight excluding hydrogens is 383 g/mol. The molecule has 0 bridgehead atoms. The zero-order valence-corrected chi connectivity index (χ0v) is 17.1. The maximum Gasteiger partial charge on any atom is 0.407 e. The standard InChI is InChI=1S/C19H27FN4O3S/c1-19(2,3)27-18(26)23-10-4-6-24(7-5-10)11-8-12(20)14-13(9-11)28-16(15(14)21)17(22)25/h8-10,15-16H,4-7,21H2,1-3H3,(H2,22,25)(H,23,26). The highest BCUT2D eigenvalue weighted by Crippen LogP contribution is 2.45. The van der Waals surface area contributed by atoms with Crippen molar-refractivity contribution in [2.45, 2.75) is 61.4 Å². The van der Waals surface area contributed by atoms with Gasteiger partial charge in [0.25, 0.3) is 0 Å². The Morgan fingerprint density at radius 1 is 1.29 bits per heavy atom. The summed E-state index contributed by atoms with van der Waals surface area (Å²) in [6, 6.07) is 2.63. The molecule has 2 unspecified atom stereocenters. The van der Waals surface area contributed by atoms with Gasteiger partial charge in [-0.15, -0.1) is 11.8 Å². The molecule has 0 saturated carbocycles. The normalized spacial score (nSPS) is 22.7. The van der Waals surface area contributed by atoms with Crippen molar-refractivity contribution in [3.8, 4) is 0 Å². The predicted molar refractivity (Wildman–Crippen MR) is 107 cm³/mol. The van der Waals surface area contributed by atoms with Gasteiger partial charge in [-0.25, -0.2) is 9.18 Å². The van der Waals surface area contributed by atoms with E-state index in [1.54, 1.807) is 0 Å². The van der Waals surface area contributed by atoms with E-state index in [4.69, 9.17) is 16.2 Å². The molecule has 2 aliphatic rings. The topological polar surface area (TPSA) is 111 Å². The van der Waals surface area contributed by atoms with Gasteiger partial charge in [0.15, 0.2) is 0 Å². The summed E-state index contributed by atoms with van der Waals surface area (Å²) in [5.41, 5.74) is 11.9. The second-order valence-corrected chi connectivity index (χ2v) is 9.40. The van der Waals surface area contributed by atoms with E-state index in [0.717, 1.165) is 18.5 Å². The Hall–Kier alpha value is -2.00. The number of hydrogen-bond donors (Lipinski definition) is 3. The zero-order chi connectivity index (χ0) is 20.6. The third kappa shape index (κ3) is 4.52. The van der Waals surface area contributed by atoms with Crippen LogP contribution in [-0.2, 0) is 9.53 Å². The van der Waals surface area contributed by atoms with E-state index in [1.165, 1.54) is 17.8 Å². The molecular formula is C19H27FN4O3S. The van der Waals surface area contributed by atoms with E-state index in [-0.39, 0.29) is 6.04 Å². The van der Waals surface area contributed by atoms with E-state index >= 15 is 0 Å². The summed E-state index contributed by atoms with van der Waals surface area (Å²) < 4.78 is 19.9. The van der Waals surface area contributed by atoms with Crippen LogP contribution >= 0.6 is 11.8 Å². The first-order valence-corrected chi connectivity index (χ1v) is 10.2. The lowest BCUT2D eigenvalue weighted by molar-refractivity contribution is -0.117. The number of hydrogen-bond acceptors (Lipinski definition) is 6. The van der Waals surface area contributed by atoms with Gasteiger partial charge >= 0.3 is 6.09 Å². The minimum absolute atomic E-state index is 0.0208. The average molecular weight is 411 g/mol. The maximum atomic E-state index is 14.7. The highest BCUT2D eigenvalue weighted by Gasteiger charge is 2.37. The van der Waals surface area contributed by atoms with Crippen molar-refractivity contribution >= 4 is 29.4 Å². The van der Waals surface area contributed by atoms with Crippen molar-refractivity contribution < 1.29 is 18.7 Å². The number of benzene rings is 1. The summed E-state index contributed by atoms with van der Waals surface area (Å²) in [4.78, 5) is 26.2. The lowest BCUT2D eigenvalue weighted by atomic mass is 10.0. The van der Waals surface area contributed by atoms with Crippen molar-refractivity contribution in [1.29, 1.82) is 0 Å². The van der Waals surface area contributed by atoms with Crippen molar-refractivity contribution in [2.24, 2.45) is 11.5 Å². The first-order chi connectivity index (χ1) is 13.0. The lowest BCUT2D eigenvalue weighted by Gasteiger charge is -2.34. The molecule has 2 atom stereocenters. The van der Waals surface area contributed by atoms with E-state index in [2.05, 4.69) is 10.2 Å². The molecule has 9 heteroatoms. The molecule has 2 amide bonds. The SMILES string of the molecule is CC(C)(C)OC(=O)NC1CCN(c2cc(F)c3c(c2)SC(C(N)=O)C3N)CC1. The quantitative estimate of drug-likeness (QED) is 0.705. The number of amides is 2. The first kappa shape index (κ1) is 20.7. The molecule has 28 heavy (non-hydrogen) atoms. The van der Waals surface area contributed by atoms with Crippen molar-refractivity contribution in [2.75, 3.05) is 18.0 Å². The number of alkyl carbamates (subject to hydrolysis) is 1. The molecule has 1 saturated heterocycles. The smallest absolute Gasteiger partial charge is 0.407 e. The molecule has 7 nitrogen and oxygen atoms in total. The van der Waals surface area contributed by atoms with Crippen LogP contribution in [0.4, 0.5) is 14.9 Å². The van der Waals surface area contributed by atoms with Crippen molar-refractivity contribution in [3.63, 3.8) is 0 Å². The predicted octanol–water partition coefficient (Wildman–Crippen LogP) is 2.28. The number of halogens is 1. The van der Waals surface area contributed by atoms with Crippen molar-refractivity contribution in [3.05, 3.63) is 23.5 Å². The molecule has 5 N–H and O–H groups in total. The molecule has 2 aliphatic heterocycles. The van der Waals surface area contributed by atoms with Gasteiger partial charge in [0, 0.05) is 35.3 Å². The lowest BCUT2D eigenvalue weighted by Crippen LogP contribution is -2.46. The first-order valence-electron chi connectivity index (χ1n) is 9.34. The number of rotatable bonds is 3. The molecule has 1 aromatic rings. The highest BCUT2D eigenvalue weighted by atomic mass is 32.2. The number of anilines is 1. The Bertz CT molecular complexity index is 775. The Balaban J connectivity index is 1.63. The van der Waals surface area contributed by atoms with Gasteiger partial charge in [0.1, 0.15) is 16.7 Å². The molecule has 0 spiro atoms. The molecule has 1 fully saturated rings. The Labute approximate surface area is 168 Å². The summed E-state index contributed by atoms with van der Waals surface area (Å²) in [7, 11) is 0. The zero-order valence-electron chi connectivity index (χ0n) is 16.3. The van der Waals surface area contributed by atoms with Crippen LogP contribution in [0, 0.1) is 5.82 Å². The van der Waals surface area contributed by atoms with E-state index in [0.29, 0.717) is 23.5 Å². The van der Waals surface area contributed by atoms with Crippen molar-refractivity contribution in [1.82, 2.24) is 5.32 Å². The third-order valence-electron chi connectivity index (χ3n) is 4.85. The minimum Gasteiger partial charge on any atom is -0.444 e. The summed E-state index contributed by atoms with van der Waals surface area (Å²) in [5.74, 6) is -0.950. The number of thioether (sulfide) groups is 1. The largest absolute Gasteiger partial charge is 0.444 e. The van der Waals surface area contributed by atoms with Crippen LogP contribution in [0.15, 0.2) is 17.0 Å². The summed E-state index contributed by atoms with van der Waals surface area (Å²) in [6.07, 6.45) is 1.04. The fourth-order valence-electron chi connectivity index (χ4n) is 3.54. The van der Waals surface area contributed by atoms with Gasteiger partial charge in [0.2, 0.25) is 5.91 Å². The number of nitrogens with zero attached hydrogens (tertiary/aromatic N) is 1. The number of piperidine rings is 1. The number of carbonyl (C=O) groups is 2. The molecule has 0 aliphatic carbocycles. The number of ether oxygens (including phenoxy) is 1. The van der Waals surface area contributed by atoms with Gasteiger partial charge < -0.3 is 26.4 Å². The summed E-state index contributed by atoms with van der Waals surface area (Å²) >= 11 is 1.22. The molecule has 0 radical (unpaired) electrons. The number of primary amides is 1. The highest BCUT2D eigenvalue weighted by molar-refractivity contribution is 8.01. The van der Waals surface area contributed by atoms with E-state index in [1.807, 2.05) is 26.8 Å². The van der Waals surface area contributed by atoms with Gasteiger partial charge in [-0.05, 0) is 45.7 Å². The van der Waals surface area contributed by atoms with Crippen LogP contribution in [0.1, 0.15) is 45.2 Å². The molecule has 1 aromatic carbocycles. The second-order valence-electron chi connectivity index (χ2n) is 8.21. The fourth-order valence-corrected chi connectivity index (χ4v) is 4.76. The fraction of sp³-hybridized carbons (Fsp3) is 0.579. The molecule has 0 aromatic heterocycles.